The van der Waals surface area contributed by atoms with E-state index >= 15 is 0 Å². The van der Waals surface area contributed by atoms with Crippen molar-refractivity contribution in [2.75, 3.05) is 23.3 Å². The van der Waals surface area contributed by atoms with Gasteiger partial charge in [-0.05, 0) is 54.8 Å². The molecular formula is C24H22ClN5O. The molecule has 0 bridgehead atoms. The smallest absolute Gasteiger partial charge is 0.255 e. The number of fused-ring (bicyclic) bond motifs is 1. The van der Waals surface area contributed by atoms with E-state index < -0.39 is 0 Å². The summed E-state index contributed by atoms with van der Waals surface area (Å²) in [5.74, 6) is 1.17. The van der Waals surface area contributed by atoms with Crippen LogP contribution in [0.2, 0.25) is 5.02 Å². The van der Waals surface area contributed by atoms with Crippen LogP contribution in [0.25, 0.3) is 11.0 Å². The van der Waals surface area contributed by atoms with Gasteiger partial charge in [0.15, 0.2) is 0 Å². The first kappa shape index (κ1) is 19.6. The third-order valence-corrected chi connectivity index (χ3v) is 5.99. The molecule has 0 saturated carbocycles. The van der Waals surface area contributed by atoms with Gasteiger partial charge < -0.3 is 15.2 Å². The monoisotopic (exact) mass is 431 g/mol. The summed E-state index contributed by atoms with van der Waals surface area (Å²) in [5.41, 5.74) is 3.40. The van der Waals surface area contributed by atoms with Crippen LogP contribution in [0.3, 0.4) is 0 Å². The SMILES string of the molecule is O=C(Nc1cccc([C@@H]2CCCN(c3ncnc4[nH]ccc34)C2)c1)c1cccc(Cl)c1. The molecule has 1 atom stereocenters. The highest BCUT2D eigenvalue weighted by Crippen LogP contribution is 2.32. The molecule has 3 heterocycles. The molecular weight excluding hydrogens is 410 g/mol. The molecule has 5 rings (SSSR count). The molecule has 1 saturated heterocycles. The molecule has 7 heteroatoms. The minimum Gasteiger partial charge on any atom is -0.355 e. The summed E-state index contributed by atoms with van der Waals surface area (Å²) < 4.78 is 0. The lowest BCUT2D eigenvalue weighted by atomic mass is 9.90. The molecule has 0 aliphatic carbocycles. The van der Waals surface area contributed by atoms with Crippen LogP contribution in [-0.2, 0) is 0 Å². The number of nitrogens with one attached hydrogen (secondary N) is 2. The maximum Gasteiger partial charge on any atom is 0.255 e. The third-order valence-electron chi connectivity index (χ3n) is 5.76. The van der Waals surface area contributed by atoms with Gasteiger partial charge in [-0.2, -0.15) is 0 Å². The van der Waals surface area contributed by atoms with Crippen LogP contribution in [-0.4, -0.2) is 33.9 Å². The number of nitrogens with zero attached hydrogens (tertiary/aromatic N) is 3. The van der Waals surface area contributed by atoms with Crippen molar-refractivity contribution in [2.45, 2.75) is 18.8 Å². The van der Waals surface area contributed by atoms with Gasteiger partial charge in [0.2, 0.25) is 0 Å². The Kier molecular flexibility index (Phi) is 5.30. The van der Waals surface area contributed by atoms with Gasteiger partial charge in [0.25, 0.3) is 5.91 Å². The van der Waals surface area contributed by atoms with Gasteiger partial charge >= 0.3 is 0 Å². The van der Waals surface area contributed by atoms with Crippen molar-refractivity contribution in [1.29, 1.82) is 0 Å². The van der Waals surface area contributed by atoms with E-state index in [2.05, 4.69) is 37.3 Å². The van der Waals surface area contributed by atoms with Gasteiger partial charge in [0.05, 0.1) is 5.39 Å². The van der Waals surface area contributed by atoms with Gasteiger partial charge in [-0.3, -0.25) is 4.79 Å². The molecule has 2 N–H and O–H groups in total. The first-order valence-electron chi connectivity index (χ1n) is 10.4. The summed E-state index contributed by atoms with van der Waals surface area (Å²) in [6.45, 7) is 1.85. The quantitative estimate of drug-likeness (QED) is 0.463. The van der Waals surface area contributed by atoms with Crippen molar-refractivity contribution in [3.8, 4) is 0 Å². The fourth-order valence-electron chi connectivity index (χ4n) is 4.26. The van der Waals surface area contributed by atoms with Gasteiger partial charge in [-0.1, -0.05) is 29.8 Å². The number of benzene rings is 2. The molecule has 0 radical (unpaired) electrons. The van der Waals surface area contributed by atoms with Crippen molar-refractivity contribution in [1.82, 2.24) is 15.0 Å². The summed E-state index contributed by atoms with van der Waals surface area (Å²) in [5, 5.41) is 4.59. The Hall–Kier alpha value is -3.38. The van der Waals surface area contributed by atoms with Crippen LogP contribution in [0.5, 0.6) is 0 Å². The lowest BCUT2D eigenvalue weighted by Crippen LogP contribution is -2.35. The Morgan fingerprint density at radius 3 is 2.94 bits per heavy atom. The topological polar surface area (TPSA) is 73.9 Å². The first-order valence-corrected chi connectivity index (χ1v) is 10.7. The minimum atomic E-state index is -0.166. The number of H-pyrrole nitrogens is 1. The Bertz CT molecular complexity index is 1240. The lowest BCUT2D eigenvalue weighted by Gasteiger charge is -2.34. The standard InChI is InChI=1S/C24H22ClN5O/c25-19-7-1-5-17(12-19)24(31)29-20-8-2-4-16(13-20)18-6-3-11-30(14-18)23-21-9-10-26-22(21)27-15-28-23/h1-2,4-5,7-10,12-13,15,18H,3,6,11,14H2,(H,29,31)(H,26,27,28)/t18-/m1/s1. The largest absolute Gasteiger partial charge is 0.355 e. The highest BCUT2D eigenvalue weighted by atomic mass is 35.5. The number of amides is 1. The van der Waals surface area contributed by atoms with Crippen LogP contribution in [0.4, 0.5) is 11.5 Å². The fraction of sp³-hybridized carbons (Fsp3) is 0.208. The number of anilines is 2. The molecule has 1 amide bonds. The van der Waals surface area contributed by atoms with Gasteiger partial charge in [-0.25, -0.2) is 9.97 Å². The van der Waals surface area contributed by atoms with Crippen molar-refractivity contribution in [3.63, 3.8) is 0 Å². The Morgan fingerprint density at radius 2 is 2.03 bits per heavy atom. The third kappa shape index (κ3) is 4.11. The van der Waals surface area contributed by atoms with E-state index in [-0.39, 0.29) is 5.91 Å². The number of aromatic nitrogens is 3. The summed E-state index contributed by atoms with van der Waals surface area (Å²) in [6, 6.07) is 17.1. The lowest BCUT2D eigenvalue weighted by molar-refractivity contribution is 0.102. The minimum absolute atomic E-state index is 0.166. The second-order valence-corrected chi connectivity index (χ2v) is 8.25. The normalized spacial score (nSPS) is 16.4. The molecule has 0 spiro atoms. The Balaban J connectivity index is 1.34. The zero-order valence-electron chi connectivity index (χ0n) is 16.9. The molecule has 1 fully saturated rings. The average Bonchev–Trinajstić information content (AvgIpc) is 3.28. The Morgan fingerprint density at radius 1 is 1.13 bits per heavy atom. The summed E-state index contributed by atoms with van der Waals surface area (Å²) in [6.07, 6.45) is 5.70. The number of halogens is 1. The number of carbonyl (C=O) groups excluding carboxylic acids is 1. The molecule has 2 aromatic heterocycles. The summed E-state index contributed by atoms with van der Waals surface area (Å²) in [7, 11) is 0. The Labute approximate surface area is 185 Å². The van der Waals surface area contributed by atoms with Crippen molar-refractivity contribution in [2.24, 2.45) is 0 Å². The van der Waals surface area contributed by atoms with Gasteiger partial charge in [0, 0.05) is 41.5 Å². The second kappa shape index (κ2) is 8.40. The van der Waals surface area contributed by atoms with E-state index in [1.807, 2.05) is 24.4 Å². The number of hydrogen-bond acceptors (Lipinski definition) is 4. The molecule has 2 aromatic carbocycles. The predicted octanol–water partition coefficient (Wildman–Crippen LogP) is 5.25. The van der Waals surface area contributed by atoms with Crippen molar-refractivity contribution >= 4 is 40.0 Å². The first-order chi connectivity index (χ1) is 15.2. The molecule has 4 aromatic rings. The molecule has 1 aliphatic heterocycles. The van der Waals surface area contributed by atoms with Crippen LogP contribution >= 0.6 is 11.6 Å². The van der Waals surface area contributed by atoms with E-state index in [1.165, 1.54) is 5.56 Å². The molecule has 1 aliphatic rings. The number of aromatic amines is 1. The maximum absolute atomic E-state index is 12.6. The van der Waals surface area contributed by atoms with Crippen LogP contribution in [0.15, 0.2) is 67.1 Å². The highest BCUT2D eigenvalue weighted by Gasteiger charge is 2.24. The van der Waals surface area contributed by atoms with Crippen LogP contribution in [0.1, 0.15) is 34.7 Å². The maximum atomic E-state index is 12.6. The molecule has 31 heavy (non-hydrogen) atoms. The average molecular weight is 432 g/mol. The number of rotatable bonds is 4. The number of hydrogen-bond donors (Lipinski definition) is 2. The van der Waals surface area contributed by atoms with E-state index in [0.29, 0.717) is 16.5 Å². The van der Waals surface area contributed by atoms with Crippen LogP contribution in [0, 0.1) is 0 Å². The molecule has 156 valence electrons. The zero-order valence-corrected chi connectivity index (χ0v) is 17.6. The predicted molar refractivity (Wildman–Crippen MR) is 124 cm³/mol. The van der Waals surface area contributed by atoms with Gasteiger partial charge in [0.1, 0.15) is 17.8 Å². The van der Waals surface area contributed by atoms with Crippen LogP contribution < -0.4 is 10.2 Å². The fourth-order valence-corrected chi connectivity index (χ4v) is 4.45. The highest BCUT2D eigenvalue weighted by molar-refractivity contribution is 6.31. The molecule has 0 unspecified atom stereocenters. The van der Waals surface area contributed by atoms with Gasteiger partial charge in [-0.15, -0.1) is 0 Å². The number of piperidine rings is 1. The van der Waals surface area contributed by atoms with E-state index in [9.17, 15) is 4.79 Å². The van der Waals surface area contributed by atoms with E-state index in [4.69, 9.17) is 11.6 Å². The second-order valence-electron chi connectivity index (χ2n) is 7.81. The van der Waals surface area contributed by atoms with E-state index in [0.717, 1.165) is 48.5 Å². The summed E-state index contributed by atoms with van der Waals surface area (Å²) >= 11 is 6.02. The summed E-state index contributed by atoms with van der Waals surface area (Å²) in [4.78, 5) is 26.9. The number of carbonyl (C=O) groups is 1. The van der Waals surface area contributed by atoms with Crippen molar-refractivity contribution in [3.05, 3.63) is 83.3 Å². The zero-order chi connectivity index (χ0) is 21.2. The van der Waals surface area contributed by atoms with Crippen molar-refractivity contribution < 1.29 is 4.79 Å². The van der Waals surface area contributed by atoms with E-state index in [1.54, 1.807) is 30.6 Å². The molecule has 6 nitrogen and oxygen atoms in total.